The van der Waals surface area contributed by atoms with E-state index in [-0.39, 0.29) is 5.97 Å². The molecule has 0 saturated carbocycles. The number of hydrogen-bond donors (Lipinski definition) is 1. The molecule has 88 valence electrons. The Morgan fingerprint density at radius 1 is 1.38 bits per heavy atom. The van der Waals surface area contributed by atoms with Crippen molar-refractivity contribution in [3.63, 3.8) is 0 Å². The molecule has 1 rings (SSSR count). The number of nitrogens with one attached hydrogen (secondary N) is 1. The highest BCUT2D eigenvalue weighted by atomic mass is 16.5. The first kappa shape index (κ1) is 12.6. The summed E-state index contributed by atoms with van der Waals surface area (Å²) in [6.45, 7) is 6.98. The van der Waals surface area contributed by atoms with Crippen LogP contribution in [0.1, 0.15) is 24.5 Å². The van der Waals surface area contributed by atoms with Crippen molar-refractivity contribution < 1.29 is 9.53 Å². The van der Waals surface area contributed by atoms with Crippen LogP contribution >= 0.6 is 0 Å². The second-order valence-electron chi connectivity index (χ2n) is 3.80. The van der Waals surface area contributed by atoms with E-state index in [2.05, 4.69) is 30.4 Å². The highest BCUT2D eigenvalue weighted by molar-refractivity contribution is 5.70. The molecule has 0 unspecified atom stereocenters. The molecule has 0 atom stereocenters. The van der Waals surface area contributed by atoms with Crippen molar-refractivity contribution >= 4 is 11.7 Å². The summed E-state index contributed by atoms with van der Waals surface area (Å²) < 4.78 is 4.85. The van der Waals surface area contributed by atoms with E-state index in [1.807, 2.05) is 13.8 Å². The van der Waals surface area contributed by atoms with Gasteiger partial charge in [-0.1, -0.05) is 12.1 Å². The zero-order chi connectivity index (χ0) is 12.0. The predicted octanol–water partition coefficient (Wildman–Crippen LogP) is 2.67. The van der Waals surface area contributed by atoms with Gasteiger partial charge in [0.05, 0.1) is 13.0 Å². The molecule has 1 aromatic carbocycles. The Labute approximate surface area is 96.8 Å². The Hall–Kier alpha value is -1.51. The summed E-state index contributed by atoms with van der Waals surface area (Å²) >= 11 is 0. The number of rotatable bonds is 5. The minimum absolute atomic E-state index is 0.152. The molecule has 0 spiro atoms. The molecule has 16 heavy (non-hydrogen) atoms. The van der Waals surface area contributed by atoms with Crippen LogP contribution in [0.25, 0.3) is 0 Å². The van der Waals surface area contributed by atoms with Gasteiger partial charge in [0.1, 0.15) is 0 Å². The molecule has 0 amide bonds. The summed E-state index contributed by atoms with van der Waals surface area (Å²) in [4.78, 5) is 11.1. The summed E-state index contributed by atoms with van der Waals surface area (Å²) in [5, 5.41) is 3.24. The molecule has 3 nitrogen and oxygen atoms in total. The molecule has 1 aromatic rings. The summed E-state index contributed by atoms with van der Waals surface area (Å²) in [7, 11) is 0. The maximum atomic E-state index is 11.1. The molecule has 0 aliphatic carbocycles. The van der Waals surface area contributed by atoms with Gasteiger partial charge in [0, 0.05) is 12.2 Å². The predicted molar refractivity (Wildman–Crippen MR) is 65.7 cm³/mol. The molecule has 0 aliphatic heterocycles. The van der Waals surface area contributed by atoms with Crippen LogP contribution in [0.4, 0.5) is 5.69 Å². The highest BCUT2D eigenvalue weighted by Crippen LogP contribution is 2.15. The van der Waals surface area contributed by atoms with Gasteiger partial charge in [-0.3, -0.25) is 4.79 Å². The van der Waals surface area contributed by atoms with Gasteiger partial charge < -0.3 is 10.1 Å². The van der Waals surface area contributed by atoms with Crippen molar-refractivity contribution in [3.8, 4) is 0 Å². The van der Waals surface area contributed by atoms with Crippen LogP contribution in [0.5, 0.6) is 0 Å². The number of anilines is 1. The third-order valence-corrected chi connectivity index (χ3v) is 2.34. The van der Waals surface area contributed by atoms with Crippen LogP contribution in [-0.4, -0.2) is 19.1 Å². The number of carbonyl (C=O) groups excluding carboxylic acids is 1. The lowest BCUT2D eigenvalue weighted by Gasteiger charge is -2.09. The summed E-state index contributed by atoms with van der Waals surface area (Å²) in [6.07, 6.45) is 0.404. The van der Waals surface area contributed by atoms with Crippen LogP contribution in [0.2, 0.25) is 0 Å². The minimum atomic E-state index is -0.152. The average molecular weight is 221 g/mol. The zero-order valence-electron chi connectivity index (χ0n) is 10.2. The first-order chi connectivity index (χ1) is 7.63. The van der Waals surface area contributed by atoms with Crippen molar-refractivity contribution in [1.82, 2.24) is 0 Å². The third kappa shape index (κ3) is 3.93. The van der Waals surface area contributed by atoms with Crippen molar-refractivity contribution in [1.29, 1.82) is 0 Å². The minimum Gasteiger partial charge on any atom is -0.466 e. The molecule has 0 heterocycles. The van der Waals surface area contributed by atoms with E-state index < -0.39 is 0 Å². The number of ether oxygens (including phenoxy) is 1. The largest absolute Gasteiger partial charge is 0.466 e. The SMILES string of the molecule is CCOC(=O)CCNc1cc(C)ccc1C. The maximum absolute atomic E-state index is 11.1. The maximum Gasteiger partial charge on any atom is 0.307 e. The molecule has 0 fully saturated rings. The smallest absolute Gasteiger partial charge is 0.307 e. The van der Waals surface area contributed by atoms with Gasteiger partial charge in [0.15, 0.2) is 0 Å². The van der Waals surface area contributed by atoms with Gasteiger partial charge in [-0.05, 0) is 38.0 Å². The fraction of sp³-hybridized carbons (Fsp3) is 0.462. The average Bonchev–Trinajstić information content (AvgIpc) is 2.23. The van der Waals surface area contributed by atoms with Crippen molar-refractivity contribution in [2.45, 2.75) is 27.2 Å². The zero-order valence-corrected chi connectivity index (χ0v) is 10.2. The number of hydrogen-bond acceptors (Lipinski definition) is 3. The van der Waals surface area contributed by atoms with Gasteiger partial charge in [-0.25, -0.2) is 0 Å². The lowest BCUT2D eigenvalue weighted by atomic mass is 10.1. The lowest BCUT2D eigenvalue weighted by molar-refractivity contribution is -0.142. The Morgan fingerprint density at radius 3 is 2.81 bits per heavy atom. The van der Waals surface area contributed by atoms with E-state index >= 15 is 0 Å². The number of carbonyl (C=O) groups is 1. The molecular weight excluding hydrogens is 202 g/mol. The van der Waals surface area contributed by atoms with Crippen molar-refractivity contribution in [2.75, 3.05) is 18.5 Å². The molecule has 1 N–H and O–H groups in total. The molecular formula is C13H19NO2. The van der Waals surface area contributed by atoms with Gasteiger partial charge in [0.2, 0.25) is 0 Å². The number of benzene rings is 1. The number of aryl methyl sites for hydroxylation is 2. The highest BCUT2D eigenvalue weighted by Gasteiger charge is 2.02. The van der Waals surface area contributed by atoms with Gasteiger partial charge in [-0.2, -0.15) is 0 Å². The Bertz CT molecular complexity index is 361. The quantitative estimate of drug-likeness (QED) is 0.777. The Balaban J connectivity index is 2.42. The fourth-order valence-electron chi connectivity index (χ4n) is 1.46. The number of esters is 1. The standard InChI is InChI=1S/C13H19NO2/c1-4-16-13(15)7-8-14-12-9-10(2)5-6-11(12)3/h5-6,9,14H,4,7-8H2,1-3H3. The van der Waals surface area contributed by atoms with Gasteiger partial charge >= 0.3 is 5.97 Å². The topological polar surface area (TPSA) is 38.3 Å². The van der Waals surface area contributed by atoms with Crippen molar-refractivity contribution in [2.24, 2.45) is 0 Å². The second kappa shape index (κ2) is 6.16. The molecule has 3 heteroatoms. The van der Waals surface area contributed by atoms with Gasteiger partial charge in [-0.15, -0.1) is 0 Å². The first-order valence-electron chi connectivity index (χ1n) is 5.60. The van der Waals surface area contributed by atoms with Crippen LogP contribution in [-0.2, 0) is 9.53 Å². The van der Waals surface area contributed by atoms with E-state index in [1.165, 1.54) is 11.1 Å². The molecule has 0 bridgehead atoms. The monoisotopic (exact) mass is 221 g/mol. The van der Waals surface area contributed by atoms with E-state index in [4.69, 9.17) is 4.74 Å². The van der Waals surface area contributed by atoms with E-state index in [0.717, 1.165) is 5.69 Å². The normalized spacial score (nSPS) is 9.94. The van der Waals surface area contributed by atoms with Crippen molar-refractivity contribution in [3.05, 3.63) is 29.3 Å². The molecule has 0 saturated heterocycles. The lowest BCUT2D eigenvalue weighted by Crippen LogP contribution is -2.11. The van der Waals surface area contributed by atoms with Crippen LogP contribution in [0, 0.1) is 13.8 Å². The molecule has 0 aliphatic rings. The Morgan fingerprint density at radius 2 is 2.12 bits per heavy atom. The van der Waals surface area contributed by atoms with Crippen LogP contribution in [0.15, 0.2) is 18.2 Å². The molecule has 0 radical (unpaired) electrons. The summed E-state index contributed by atoms with van der Waals surface area (Å²) in [5.41, 5.74) is 3.49. The van der Waals surface area contributed by atoms with Gasteiger partial charge in [0.25, 0.3) is 0 Å². The Kier molecular flexibility index (Phi) is 4.83. The van der Waals surface area contributed by atoms with E-state index in [9.17, 15) is 4.79 Å². The van der Waals surface area contributed by atoms with Crippen LogP contribution < -0.4 is 5.32 Å². The second-order valence-corrected chi connectivity index (χ2v) is 3.80. The van der Waals surface area contributed by atoms with E-state index in [1.54, 1.807) is 0 Å². The first-order valence-corrected chi connectivity index (χ1v) is 5.60. The molecule has 0 aromatic heterocycles. The van der Waals surface area contributed by atoms with E-state index in [0.29, 0.717) is 19.6 Å². The third-order valence-electron chi connectivity index (χ3n) is 2.34. The summed E-state index contributed by atoms with van der Waals surface area (Å²) in [6, 6.07) is 6.23. The van der Waals surface area contributed by atoms with Crippen LogP contribution in [0.3, 0.4) is 0 Å². The fourth-order valence-corrected chi connectivity index (χ4v) is 1.46. The summed E-state index contributed by atoms with van der Waals surface area (Å²) in [5.74, 6) is -0.152.